The second kappa shape index (κ2) is 9.97. The minimum absolute atomic E-state index is 0.0911. The van der Waals surface area contributed by atoms with Crippen molar-refractivity contribution in [1.29, 1.82) is 0 Å². The Kier molecular flexibility index (Phi) is 7.12. The zero-order chi connectivity index (χ0) is 22.4. The number of benzene rings is 2. The molecule has 164 valence electrons. The van der Waals surface area contributed by atoms with E-state index < -0.39 is 23.8 Å². The number of amides is 3. The highest BCUT2D eigenvalue weighted by atomic mass is 16.5. The number of nitrogens with one attached hydrogen (secondary N) is 2. The number of aryl methyl sites for hydroxylation is 1. The number of carbonyl (C=O) groups is 3. The monoisotopic (exact) mass is 425 g/mol. The Balaban J connectivity index is 1.47. The normalized spacial score (nSPS) is 16.5. The quantitative estimate of drug-likeness (QED) is 0.664. The standard InChI is InChI=1S/C23H27N3O5/c1-4-30-19-9-11-20(12-10-19)31-16(3)22(28)24-25-23(29)17-13-21(27)26(14-17)18-7-5-15(2)6-8-18/h5-12,16-17H,4,13-14H2,1-3H3,(H,24,28)(H,25,29)/t16-,17-/m1/s1. The third-order valence-corrected chi connectivity index (χ3v) is 4.97. The van der Waals surface area contributed by atoms with Gasteiger partial charge in [-0.05, 0) is 57.2 Å². The number of nitrogens with zero attached hydrogens (tertiary/aromatic N) is 1. The van der Waals surface area contributed by atoms with Crippen LogP contribution in [-0.2, 0) is 14.4 Å². The van der Waals surface area contributed by atoms with Gasteiger partial charge in [-0.1, -0.05) is 17.7 Å². The molecule has 1 aliphatic rings. The van der Waals surface area contributed by atoms with Gasteiger partial charge in [0.1, 0.15) is 11.5 Å². The summed E-state index contributed by atoms with van der Waals surface area (Å²) in [5.41, 5.74) is 6.62. The smallest absolute Gasteiger partial charge is 0.279 e. The van der Waals surface area contributed by atoms with Gasteiger partial charge in [0.15, 0.2) is 6.10 Å². The molecule has 1 fully saturated rings. The highest BCUT2D eigenvalue weighted by Crippen LogP contribution is 2.25. The van der Waals surface area contributed by atoms with Crippen LogP contribution in [0.1, 0.15) is 25.8 Å². The first-order valence-corrected chi connectivity index (χ1v) is 10.2. The van der Waals surface area contributed by atoms with Crippen LogP contribution in [0.5, 0.6) is 11.5 Å². The minimum atomic E-state index is -0.826. The van der Waals surface area contributed by atoms with Crippen LogP contribution in [0.25, 0.3) is 0 Å². The van der Waals surface area contributed by atoms with Crippen molar-refractivity contribution in [1.82, 2.24) is 10.9 Å². The van der Waals surface area contributed by atoms with Crippen molar-refractivity contribution in [2.24, 2.45) is 5.92 Å². The van der Waals surface area contributed by atoms with Crippen molar-refractivity contribution < 1.29 is 23.9 Å². The fourth-order valence-corrected chi connectivity index (χ4v) is 3.22. The van der Waals surface area contributed by atoms with E-state index in [1.165, 1.54) is 0 Å². The van der Waals surface area contributed by atoms with Crippen LogP contribution >= 0.6 is 0 Å². The van der Waals surface area contributed by atoms with Gasteiger partial charge in [0, 0.05) is 18.7 Å². The maximum atomic E-state index is 12.4. The van der Waals surface area contributed by atoms with Crippen LogP contribution in [0.15, 0.2) is 48.5 Å². The number of carbonyl (C=O) groups excluding carboxylic acids is 3. The predicted octanol–water partition coefficient (Wildman–Crippen LogP) is 2.36. The lowest BCUT2D eigenvalue weighted by Gasteiger charge is -2.18. The molecule has 31 heavy (non-hydrogen) atoms. The van der Waals surface area contributed by atoms with E-state index in [9.17, 15) is 14.4 Å². The van der Waals surface area contributed by atoms with Gasteiger partial charge in [0.2, 0.25) is 11.8 Å². The lowest BCUT2D eigenvalue weighted by atomic mass is 10.1. The predicted molar refractivity (Wildman–Crippen MR) is 116 cm³/mol. The third-order valence-electron chi connectivity index (χ3n) is 4.97. The maximum absolute atomic E-state index is 12.4. The summed E-state index contributed by atoms with van der Waals surface area (Å²) in [5, 5.41) is 0. The first-order valence-electron chi connectivity index (χ1n) is 10.2. The van der Waals surface area contributed by atoms with Crippen molar-refractivity contribution in [2.75, 3.05) is 18.1 Å². The van der Waals surface area contributed by atoms with Gasteiger partial charge in [0.05, 0.1) is 12.5 Å². The van der Waals surface area contributed by atoms with Crippen LogP contribution in [0.2, 0.25) is 0 Å². The van der Waals surface area contributed by atoms with Gasteiger partial charge in [0.25, 0.3) is 5.91 Å². The van der Waals surface area contributed by atoms with E-state index in [4.69, 9.17) is 9.47 Å². The Bertz CT molecular complexity index is 927. The van der Waals surface area contributed by atoms with Crippen molar-refractivity contribution >= 4 is 23.4 Å². The molecule has 2 atom stereocenters. The van der Waals surface area contributed by atoms with Gasteiger partial charge in [-0.3, -0.25) is 25.2 Å². The van der Waals surface area contributed by atoms with Gasteiger partial charge in [-0.2, -0.15) is 0 Å². The molecule has 1 heterocycles. The summed E-state index contributed by atoms with van der Waals surface area (Å²) in [5.74, 6) is -0.358. The Morgan fingerprint density at radius 1 is 1.06 bits per heavy atom. The van der Waals surface area contributed by atoms with Crippen LogP contribution in [-0.4, -0.2) is 37.0 Å². The van der Waals surface area contributed by atoms with Crippen LogP contribution in [0.4, 0.5) is 5.69 Å². The van der Waals surface area contributed by atoms with E-state index in [1.807, 2.05) is 38.1 Å². The molecule has 1 aliphatic heterocycles. The summed E-state index contributed by atoms with van der Waals surface area (Å²) >= 11 is 0. The van der Waals surface area contributed by atoms with Crippen molar-refractivity contribution in [3.05, 3.63) is 54.1 Å². The molecular formula is C23H27N3O5. The topological polar surface area (TPSA) is 97.0 Å². The molecule has 0 aromatic heterocycles. The van der Waals surface area contributed by atoms with Gasteiger partial charge in [-0.25, -0.2) is 0 Å². The highest BCUT2D eigenvalue weighted by molar-refractivity contribution is 6.00. The van der Waals surface area contributed by atoms with Crippen molar-refractivity contribution in [3.8, 4) is 11.5 Å². The van der Waals surface area contributed by atoms with Gasteiger partial charge in [-0.15, -0.1) is 0 Å². The summed E-state index contributed by atoms with van der Waals surface area (Å²) in [6.45, 7) is 6.27. The molecule has 0 radical (unpaired) electrons. The molecule has 3 rings (SSSR count). The molecular weight excluding hydrogens is 398 g/mol. The van der Waals surface area contributed by atoms with Crippen LogP contribution in [0.3, 0.4) is 0 Å². The molecule has 0 aliphatic carbocycles. The molecule has 8 nitrogen and oxygen atoms in total. The van der Waals surface area contributed by atoms with E-state index in [-0.39, 0.29) is 18.9 Å². The molecule has 0 unspecified atom stereocenters. The van der Waals surface area contributed by atoms with Crippen LogP contribution in [0, 0.1) is 12.8 Å². The Morgan fingerprint density at radius 3 is 2.35 bits per heavy atom. The first kappa shape index (κ1) is 22.1. The number of ether oxygens (including phenoxy) is 2. The minimum Gasteiger partial charge on any atom is -0.494 e. The Labute approximate surface area is 181 Å². The number of hydrazine groups is 1. The summed E-state index contributed by atoms with van der Waals surface area (Å²) in [4.78, 5) is 38.6. The molecule has 0 saturated carbocycles. The highest BCUT2D eigenvalue weighted by Gasteiger charge is 2.35. The van der Waals surface area contributed by atoms with E-state index >= 15 is 0 Å². The molecule has 3 amide bonds. The molecule has 8 heteroatoms. The molecule has 2 N–H and O–H groups in total. The zero-order valence-corrected chi connectivity index (χ0v) is 17.9. The van der Waals surface area contributed by atoms with E-state index in [1.54, 1.807) is 36.1 Å². The number of hydrogen-bond acceptors (Lipinski definition) is 5. The van der Waals surface area contributed by atoms with E-state index in [2.05, 4.69) is 10.9 Å². The number of anilines is 1. The fourth-order valence-electron chi connectivity index (χ4n) is 3.22. The molecule has 1 saturated heterocycles. The maximum Gasteiger partial charge on any atom is 0.279 e. The molecule has 2 aromatic rings. The lowest BCUT2D eigenvalue weighted by Crippen LogP contribution is -2.49. The summed E-state index contributed by atoms with van der Waals surface area (Å²) in [6.07, 6.45) is -0.735. The number of rotatable bonds is 7. The second-order valence-electron chi connectivity index (χ2n) is 7.38. The van der Waals surface area contributed by atoms with Gasteiger partial charge < -0.3 is 14.4 Å². The van der Waals surface area contributed by atoms with Crippen molar-refractivity contribution in [3.63, 3.8) is 0 Å². The SMILES string of the molecule is CCOc1ccc(O[C@H](C)C(=O)NNC(=O)[C@@H]2CC(=O)N(c3ccc(C)cc3)C2)cc1. The van der Waals surface area contributed by atoms with Gasteiger partial charge >= 0.3 is 0 Å². The average molecular weight is 425 g/mol. The molecule has 2 aromatic carbocycles. The summed E-state index contributed by atoms with van der Waals surface area (Å²) < 4.78 is 11.0. The van der Waals surface area contributed by atoms with E-state index in [0.717, 1.165) is 11.3 Å². The summed E-state index contributed by atoms with van der Waals surface area (Å²) in [7, 11) is 0. The lowest BCUT2D eigenvalue weighted by molar-refractivity contribution is -0.134. The molecule has 0 spiro atoms. The fraction of sp³-hybridized carbons (Fsp3) is 0.348. The Morgan fingerprint density at radius 2 is 1.71 bits per heavy atom. The number of hydrogen-bond donors (Lipinski definition) is 2. The largest absolute Gasteiger partial charge is 0.494 e. The van der Waals surface area contributed by atoms with Crippen molar-refractivity contribution in [2.45, 2.75) is 33.3 Å². The zero-order valence-electron chi connectivity index (χ0n) is 17.9. The second-order valence-corrected chi connectivity index (χ2v) is 7.38. The average Bonchev–Trinajstić information content (AvgIpc) is 3.15. The van der Waals surface area contributed by atoms with Crippen LogP contribution < -0.4 is 25.2 Å². The molecule has 0 bridgehead atoms. The first-order chi connectivity index (χ1) is 14.9. The van der Waals surface area contributed by atoms with E-state index in [0.29, 0.717) is 18.1 Å². The summed E-state index contributed by atoms with van der Waals surface area (Å²) in [6, 6.07) is 14.5. The third kappa shape index (κ3) is 5.75. The Hall–Kier alpha value is -3.55.